The molecule has 1 saturated heterocycles. The fraction of sp³-hybridized carbons (Fsp3) is 0.667. The minimum atomic E-state index is -0.288. The number of piperidine rings is 1. The average molecular weight is 376 g/mol. The third-order valence-corrected chi connectivity index (χ3v) is 5.69. The smallest absolute Gasteiger partial charge is 0.251 e. The fourth-order valence-corrected chi connectivity index (χ4v) is 4.07. The molecule has 1 aliphatic heterocycles. The Labute approximate surface area is 161 Å². The molecule has 1 atom stereocenters. The van der Waals surface area contributed by atoms with Gasteiger partial charge in [0.1, 0.15) is 6.10 Å². The molecule has 2 N–H and O–H groups in total. The molecule has 6 nitrogen and oxygen atoms in total. The van der Waals surface area contributed by atoms with Crippen LogP contribution in [0.3, 0.4) is 0 Å². The molecule has 27 heavy (non-hydrogen) atoms. The summed E-state index contributed by atoms with van der Waals surface area (Å²) in [5.41, 5.74) is 0.496. The summed E-state index contributed by atoms with van der Waals surface area (Å²) in [6.45, 7) is 3.85. The number of nitrogens with zero attached hydrogens (tertiary/aromatic N) is 1. The quantitative estimate of drug-likeness (QED) is 0.765. The van der Waals surface area contributed by atoms with Crippen molar-refractivity contribution in [1.29, 1.82) is 0 Å². The number of likely N-dealkylation sites (tertiary alicyclic amines) is 1. The maximum atomic E-state index is 12.2. The van der Waals surface area contributed by atoms with Gasteiger partial charge in [-0.3, -0.25) is 4.79 Å². The van der Waals surface area contributed by atoms with Crippen molar-refractivity contribution in [3.63, 3.8) is 0 Å². The first-order chi connectivity index (χ1) is 13.1. The Kier molecular flexibility index (Phi) is 6.96. The van der Waals surface area contributed by atoms with E-state index in [9.17, 15) is 4.79 Å². The van der Waals surface area contributed by atoms with Crippen LogP contribution >= 0.6 is 0 Å². The number of ether oxygens (including phenoxy) is 2. The summed E-state index contributed by atoms with van der Waals surface area (Å²) in [7, 11) is 1.59. The van der Waals surface area contributed by atoms with E-state index >= 15 is 0 Å². The van der Waals surface area contributed by atoms with E-state index in [1.807, 2.05) is 0 Å². The number of methoxy groups -OCH3 is 1. The monoisotopic (exact) mass is 376 g/mol. The highest BCUT2D eigenvalue weighted by molar-refractivity contribution is 5.95. The number of rotatable bonds is 7. The van der Waals surface area contributed by atoms with Gasteiger partial charge in [0.15, 0.2) is 11.5 Å². The van der Waals surface area contributed by atoms with Crippen molar-refractivity contribution < 1.29 is 19.4 Å². The van der Waals surface area contributed by atoms with Crippen LogP contribution in [0.15, 0.2) is 18.2 Å². The molecule has 0 aromatic heterocycles. The summed E-state index contributed by atoms with van der Waals surface area (Å²) < 4.78 is 11.6. The third-order valence-electron chi connectivity index (χ3n) is 5.69. The Morgan fingerprint density at radius 3 is 2.56 bits per heavy atom. The molecule has 1 unspecified atom stereocenters. The van der Waals surface area contributed by atoms with Gasteiger partial charge in [0.25, 0.3) is 5.91 Å². The lowest BCUT2D eigenvalue weighted by atomic mass is 10.0. The van der Waals surface area contributed by atoms with Gasteiger partial charge in [0, 0.05) is 30.7 Å². The largest absolute Gasteiger partial charge is 0.493 e. The molecule has 1 aromatic rings. The molecule has 0 spiro atoms. The predicted octanol–water partition coefficient (Wildman–Crippen LogP) is 2.59. The SMILES string of the molecule is COc1cc(C(=O)NC(C)CO)ccc1OC1CCN(C2CCCC2)CC1. The molecule has 6 heteroatoms. The summed E-state index contributed by atoms with van der Waals surface area (Å²) in [4.78, 5) is 14.8. The molecule has 1 saturated carbocycles. The van der Waals surface area contributed by atoms with Crippen LogP contribution in [-0.4, -0.2) is 60.9 Å². The van der Waals surface area contributed by atoms with Crippen molar-refractivity contribution in [2.24, 2.45) is 0 Å². The van der Waals surface area contributed by atoms with Crippen molar-refractivity contribution in [3.05, 3.63) is 23.8 Å². The van der Waals surface area contributed by atoms with Gasteiger partial charge in [0.2, 0.25) is 0 Å². The number of carbonyl (C=O) groups excluding carboxylic acids is 1. The first kappa shape index (κ1) is 20.0. The highest BCUT2D eigenvalue weighted by Gasteiger charge is 2.28. The standard InChI is InChI=1S/C21H32N2O4/c1-15(14-24)22-21(25)16-7-8-19(20(13-16)26-2)27-18-9-11-23(12-10-18)17-5-3-4-6-17/h7-8,13,15,17-18,24H,3-6,9-12,14H2,1-2H3,(H,22,25). The normalized spacial score (nSPS) is 20.4. The van der Waals surface area contributed by atoms with Crippen LogP contribution in [0.2, 0.25) is 0 Å². The van der Waals surface area contributed by atoms with Crippen LogP contribution in [0.4, 0.5) is 0 Å². The Bertz CT molecular complexity index is 623. The highest BCUT2D eigenvalue weighted by atomic mass is 16.5. The Hall–Kier alpha value is -1.79. The summed E-state index contributed by atoms with van der Waals surface area (Å²) in [6.07, 6.45) is 7.66. The Morgan fingerprint density at radius 2 is 1.93 bits per heavy atom. The number of aliphatic hydroxyl groups is 1. The lowest BCUT2D eigenvalue weighted by Crippen LogP contribution is -2.43. The molecular formula is C21H32N2O4. The second-order valence-electron chi connectivity index (χ2n) is 7.71. The number of nitrogens with one attached hydrogen (secondary N) is 1. The van der Waals surface area contributed by atoms with Gasteiger partial charge in [-0.2, -0.15) is 0 Å². The number of amides is 1. The molecule has 150 valence electrons. The van der Waals surface area contributed by atoms with Crippen molar-refractivity contribution >= 4 is 5.91 Å². The number of hydrogen-bond donors (Lipinski definition) is 2. The van der Waals surface area contributed by atoms with E-state index in [1.54, 1.807) is 32.2 Å². The van der Waals surface area contributed by atoms with Crippen molar-refractivity contribution in [3.8, 4) is 11.5 Å². The Balaban J connectivity index is 1.57. The number of benzene rings is 1. The van der Waals surface area contributed by atoms with Crippen LogP contribution in [-0.2, 0) is 0 Å². The summed E-state index contributed by atoms with van der Waals surface area (Å²) in [5.74, 6) is 1.02. The van der Waals surface area contributed by atoms with E-state index in [4.69, 9.17) is 14.6 Å². The second-order valence-corrected chi connectivity index (χ2v) is 7.71. The minimum absolute atomic E-state index is 0.0936. The second kappa shape index (κ2) is 9.42. The van der Waals surface area contributed by atoms with Crippen LogP contribution in [0.25, 0.3) is 0 Å². The summed E-state index contributed by atoms with van der Waals surface area (Å²) >= 11 is 0. The van der Waals surface area contributed by atoms with Gasteiger partial charge in [-0.25, -0.2) is 0 Å². The average Bonchev–Trinajstić information content (AvgIpc) is 3.23. The van der Waals surface area contributed by atoms with E-state index in [1.165, 1.54) is 25.7 Å². The predicted molar refractivity (Wildman–Crippen MR) is 104 cm³/mol. The molecule has 1 aliphatic carbocycles. The third kappa shape index (κ3) is 5.14. The van der Waals surface area contributed by atoms with Gasteiger partial charge >= 0.3 is 0 Å². The minimum Gasteiger partial charge on any atom is -0.493 e. The molecule has 0 bridgehead atoms. The zero-order valence-corrected chi connectivity index (χ0v) is 16.4. The van der Waals surface area contributed by atoms with E-state index in [-0.39, 0.29) is 24.7 Å². The van der Waals surface area contributed by atoms with Crippen LogP contribution in [0, 0.1) is 0 Å². The van der Waals surface area contributed by atoms with Crippen molar-refractivity contribution in [1.82, 2.24) is 10.2 Å². The van der Waals surface area contributed by atoms with Gasteiger partial charge in [-0.15, -0.1) is 0 Å². The van der Waals surface area contributed by atoms with Crippen LogP contribution in [0.1, 0.15) is 55.8 Å². The number of carbonyl (C=O) groups is 1. The summed E-state index contributed by atoms with van der Waals surface area (Å²) in [5, 5.41) is 11.8. The van der Waals surface area contributed by atoms with Gasteiger partial charge in [-0.05, 0) is 50.8 Å². The molecule has 2 aliphatic rings. The van der Waals surface area contributed by atoms with Crippen LogP contribution < -0.4 is 14.8 Å². The molecule has 1 aromatic carbocycles. The fourth-order valence-electron chi connectivity index (χ4n) is 4.07. The molecule has 3 rings (SSSR count). The lowest BCUT2D eigenvalue weighted by Gasteiger charge is -2.36. The molecular weight excluding hydrogens is 344 g/mol. The lowest BCUT2D eigenvalue weighted by molar-refractivity contribution is 0.0750. The first-order valence-electron chi connectivity index (χ1n) is 10.1. The number of aliphatic hydroxyl groups excluding tert-OH is 1. The van der Waals surface area contributed by atoms with E-state index in [0.29, 0.717) is 17.1 Å². The van der Waals surface area contributed by atoms with Gasteiger partial charge in [-0.1, -0.05) is 12.8 Å². The molecule has 1 heterocycles. The zero-order valence-electron chi connectivity index (χ0n) is 16.4. The Morgan fingerprint density at radius 1 is 1.22 bits per heavy atom. The highest BCUT2D eigenvalue weighted by Crippen LogP contribution is 2.32. The molecule has 2 fully saturated rings. The van der Waals surface area contributed by atoms with E-state index in [0.717, 1.165) is 32.0 Å². The molecule has 0 radical (unpaired) electrons. The first-order valence-corrected chi connectivity index (χ1v) is 10.1. The zero-order chi connectivity index (χ0) is 19.2. The topological polar surface area (TPSA) is 71.0 Å². The van der Waals surface area contributed by atoms with Gasteiger partial charge in [0.05, 0.1) is 13.7 Å². The van der Waals surface area contributed by atoms with Gasteiger partial charge < -0.3 is 24.8 Å². The van der Waals surface area contributed by atoms with Crippen LogP contribution in [0.5, 0.6) is 11.5 Å². The maximum Gasteiger partial charge on any atom is 0.251 e. The molecule has 1 amide bonds. The number of hydrogen-bond acceptors (Lipinski definition) is 5. The van der Waals surface area contributed by atoms with E-state index < -0.39 is 0 Å². The summed E-state index contributed by atoms with van der Waals surface area (Å²) in [6, 6.07) is 5.73. The van der Waals surface area contributed by atoms with Crippen molar-refractivity contribution in [2.75, 3.05) is 26.8 Å². The van der Waals surface area contributed by atoms with E-state index in [2.05, 4.69) is 10.2 Å². The maximum absolute atomic E-state index is 12.2. The van der Waals surface area contributed by atoms with Crippen molar-refractivity contribution in [2.45, 2.75) is 63.6 Å².